The van der Waals surface area contributed by atoms with Crippen LogP contribution in [-0.4, -0.2) is 26.3 Å². The van der Waals surface area contributed by atoms with E-state index in [4.69, 9.17) is 23.2 Å². The van der Waals surface area contributed by atoms with Gasteiger partial charge in [0.2, 0.25) is 0 Å². The van der Waals surface area contributed by atoms with Gasteiger partial charge in [-0.25, -0.2) is 9.89 Å². The number of hydrogen-bond donors (Lipinski definition) is 1. The summed E-state index contributed by atoms with van der Waals surface area (Å²) < 4.78 is 1.33. The van der Waals surface area contributed by atoms with Crippen LogP contribution in [-0.2, 0) is 7.05 Å². The molecule has 0 atom stereocenters. The van der Waals surface area contributed by atoms with Gasteiger partial charge in [-0.05, 0) is 18.2 Å². The Morgan fingerprint density at radius 2 is 2.21 bits per heavy atom. The van der Waals surface area contributed by atoms with Crippen LogP contribution < -0.4 is 5.69 Å². The zero-order chi connectivity index (χ0) is 14.0. The number of nitrogens with zero attached hydrogens (tertiary/aromatic N) is 2. The first-order valence-electron chi connectivity index (χ1n) is 5.21. The summed E-state index contributed by atoms with van der Waals surface area (Å²) in [7, 11) is 1.57. The maximum absolute atomic E-state index is 12.0. The van der Waals surface area contributed by atoms with Crippen molar-refractivity contribution >= 4 is 40.7 Å². The minimum atomic E-state index is -0.323. The van der Waals surface area contributed by atoms with Gasteiger partial charge in [0.1, 0.15) is 0 Å². The van der Waals surface area contributed by atoms with E-state index in [0.717, 1.165) is 11.8 Å². The Balaban J connectivity index is 2.12. The van der Waals surface area contributed by atoms with Crippen molar-refractivity contribution in [2.75, 3.05) is 5.75 Å². The van der Waals surface area contributed by atoms with Crippen LogP contribution >= 0.6 is 35.0 Å². The highest BCUT2D eigenvalue weighted by atomic mass is 35.5. The van der Waals surface area contributed by atoms with Gasteiger partial charge in [-0.3, -0.25) is 9.36 Å². The van der Waals surface area contributed by atoms with Crippen LogP contribution in [0.3, 0.4) is 0 Å². The van der Waals surface area contributed by atoms with Crippen molar-refractivity contribution in [2.24, 2.45) is 7.05 Å². The molecule has 2 aromatic rings. The van der Waals surface area contributed by atoms with Crippen LogP contribution in [0.2, 0.25) is 10.0 Å². The van der Waals surface area contributed by atoms with E-state index in [0.29, 0.717) is 20.8 Å². The maximum atomic E-state index is 12.0. The van der Waals surface area contributed by atoms with Crippen LogP contribution in [0.4, 0.5) is 0 Å². The molecule has 1 aromatic heterocycles. The van der Waals surface area contributed by atoms with Crippen LogP contribution in [0.25, 0.3) is 0 Å². The number of ketones is 1. The SMILES string of the molecule is Cn1c(SCC(=O)c2cc(Cl)ccc2Cl)n[nH]c1=O. The maximum Gasteiger partial charge on any atom is 0.343 e. The second-order valence-corrected chi connectivity index (χ2v) is 5.49. The number of thioether (sulfide) groups is 1. The normalized spacial score (nSPS) is 10.7. The number of H-pyrrole nitrogens is 1. The fraction of sp³-hybridized carbons (Fsp3) is 0.182. The van der Waals surface area contributed by atoms with Crippen molar-refractivity contribution in [3.63, 3.8) is 0 Å². The van der Waals surface area contributed by atoms with Crippen LogP contribution in [0.1, 0.15) is 10.4 Å². The third-order valence-electron chi connectivity index (χ3n) is 2.40. The molecular formula is C11H9Cl2N3O2S. The zero-order valence-electron chi connectivity index (χ0n) is 9.81. The Morgan fingerprint density at radius 3 is 2.84 bits per heavy atom. The first kappa shape index (κ1) is 14.2. The lowest BCUT2D eigenvalue weighted by Gasteiger charge is -2.03. The van der Waals surface area contributed by atoms with Gasteiger partial charge in [0.05, 0.1) is 10.8 Å². The summed E-state index contributed by atoms with van der Waals surface area (Å²) in [5.74, 6) is -0.0500. The van der Waals surface area contributed by atoms with E-state index in [2.05, 4.69) is 10.2 Å². The van der Waals surface area contributed by atoms with Gasteiger partial charge in [-0.2, -0.15) is 0 Å². The second kappa shape index (κ2) is 5.81. The summed E-state index contributed by atoms with van der Waals surface area (Å²) in [6, 6.07) is 4.72. The van der Waals surface area contributed by atoms with Gasteiger partial charge in [0, 0.05) is 17.6 Å². The minimum Gasteiger partial charge on any atom is -0.293 e. The quantitative estimate of drug-likeness (QED) is 0.694. The molecule has 0 amide bonds. The number of halogens is 2. The smallest absolute Gasteiger partial charge is 0.293 e. The Bertz CT molecular complexity index is 681. The molecule has 0 saturated heterocycles. The average Bonchev–Trinajstić information content (AvgIpc) is 2.70. The standard InChI is InChI=1S/C11H9Cl2N3O2S/c1-16-10(18)14-15-11(16)19-5-9(17)7-4-6(12)2-3-8(7)13/h2-4H,5H2,1H3,(H,14,18). The molecule has 0 aliphatic heterocycles. The summed E-state index contributed by atoms with van der Waals surface area (Å²) >= 11 is 12.9. The van der Waals surface area contributed by atoms with Crippen molar-refractivity contribution in [3.8, 4) is 0 Å². The molecule has 0 aliphatic rings. The number of carbonyl (C=O) groups excluding carboxylic acids is 1. The fourth-order valence-electron chi connectivity index (χ4n) is 1.38. The van der Waals surface area contributed by atoms with E-state index in [1.54, 1.807) is 19.2 Å². The van der Waals surface area contributed by atoms with Gasteiger partial charge in [-0.15, -0.1) is 5.10 Å². The van der Waals surface area contributed by atoms with Gasteiger partial charge in [-0.1, -0.05) is 35.0 Å². The molecule has 5 nitrogen and oxygen atoms in total. The Morgan fingerprint density at radius 1 is 1.47 bits per heavy atom. The predicted octanol–water partition coefficient (Wildman–Crippen LogP) is 2.39. The highest BCUT2D eigenvalue weighted by Gasteiger charge is 2.13. The van der Waals surface area contributed by atoms with Crippen molar-refractivity contribution in [1.29, 1.82) is 0 Å². The number of aromatic amines is 1. The Hall–Kier alpha value is -1.24. The van der Waals surface area contributed by atoms with E-state index in [-0.39, 0.29) is 17.2 Å². The van der Waals surface area contributed by atoms with Crippen molar-refractivity contribution in [1.82, 2.24) is 14.8 Å². The number of carbonyl (C=O) groups is 1. The number of Topliss-reactive ketones (excluding diaryl/α,β-unsaturated/α-hetero) is 1. The number of nitrogens with one attached hydrogen (secondary N) is 1. The monoisotopic (exact) mass is 317 g/mol. The van der Waals surface area contributed by atoms with Crippen LogP contribution in [0.15, 0.2) is 28.2 Å². The molecule has 0 radical (unpaired) electrons. The van der Waals surface area contributed by atoms with Gasteiger partial charge < -0.3 is 0 Å². The molecule has 1 N–H and O–H groups in total. The first-order valence-corrected chi connectivity index (χ1v) is 6.95. The molecule has 0 bridgehead atoms. The molecule has 0 fully saturated rings. The van der Waals surface area contributed by atoms with Gasteiger partial charge in [0.25, 0.3) is 0 Å². The summed E-state index contributed by atoms with van der Waals surface area (Å²) in [6.07, 6.45) is 0. The molecule has 0 aliphatic carbocycles. The van der Waals surface area contributed by atoms with Gasteiger partial charge in [0.15, 0.2) is 10.9 Å². The molecule has 1 heterocycles. The van der Waals surface area contributed by atoms with Crippen molar-refractivity contribution in [3.05, 3.63) is 44.3 Å². The van der Waals surface area contributed by atoms with Crippen LogP contribution in [0.5, 0.6) is 0 Å². The van der Waals surface area contributed by atoms with Gasteiger partial charge >= 0.3 is 5.69 Å². The molecule has 2 rings (SSSR count). The summed E-state index contributed by atoms with van der Waals surface area (Å²) in [4.78, 5) is 23.2. The number of benzene rings is 1. The predicted molar refractivity (Wildman–Crippen MR) is 75.3 cm³/mol. The molecule has 0 spiro atoms. The zero-order valence-corrected chi connectivity index (χ0v) is 12.1. The van der Waals surface area contributed by atoms with E-state index < -0.39 is 0 Å². The number of aromatic nitrogens is 3. The van der Waals surface area contributed by atoms with E-state index in [1.807, 2.05) is 0 Å². The molecular weight excluding hydrogens is 309 g/mol. The Kier molecular flexibility index (Phi) is 4.34. The molecule has 1 aromatic carbocycles. The van der Waals surface area contributed by atoms with Crippen LogP contribution in [0, 0.1) is 0 Å². The summed E-state index contributed by atoms with van der Waals surface area (Å²) in [6.45, 7) is 0. The molecule has 100 valence electrons. The number of rotatable bonds is 4. The largest absolute Gasteiger partial charge is 0.343 e. The van der Waals surface area contributed by atoms with E-state index in [1.165, 1.54) is 10.6 Å². The van der Waals surface area contributed by atoms with Crippen molar-refractivity contribution < 1.29 is 4.79 Å². The van der Waals surface area contributed by atoms with Crippen molar-refractivity contribution in [2.45, 2.75) is 5.16 Å². The van der Waals surface area contributed by atoms with E-state index in [9.17, 15) is 9.59 Å². The highest BCUT2D eigenvalue weighted by Crippen LogP contribution is 2.23. The first-order chi connectivity index (χ1) is 8.99. The number of hydrogen-bond acceptors (Lipinski definition) is 4. The minimum absolute atomic E-state index is 0.123. The van der Waals surface area contributed by atoms with E-state index >= 15 is 0 Å². The second-order valence-electron chi connectivity index (χ2n) is 3.71. The highest BCUT2D eigenvalue weighted by molar-refractivity contribution is 7.99. The lowest BCUT2D eigenvalue weighted by atomic mass is 10.1. The summed E-state index contributed by atoms with van der Waals surface area (Å²) in [5, 5.41) is 7.34. The summed E-state index contributed by atoms with van der Waals surface area (Å²) in [5.41, 5.74) is 0.0398. The molecule has 8 heteroatoms. The lowest BCUT2D eigenvalue weighted by molar-refractivity contribution is 0.102. The Labute approximate surface area is 122 Å². The third kappa shape index (κ3) is 3.20. The topological polar surface area (TPSA) is 67.8 Å². The molecule has 19 heavy (non-hydrogen) atoms. The molecule has 0 unspecified atom stereocenters. The fourth-order valence-corrected chi connectivity index (χ4v) is 2.58. The molecule has 0 saturated carbocycles. The third-order valence-corrected chi connectivity index (χ3v) is 3.99. The lowest BCUT2D eigenvalue weighted by Crippen LogP contribution is -2.13. The average molecular weight is 318 g/mol.